The molecule has 2 heterocycles. The summed E-state index contributed by atoms with van der Waals surface area (Å²) >= 11 is 1.38. The molecule has 6 nitrogen and oxygen atoms in total. The standard InChI is InChI=1S/C22H26N2O4S2/c25-20(21-6-3-15-29-21)9-10-22(26)23-11-13-24(14-12-23)30(27,28)19-8-7-17-4-1-2-5-18(17)16-19/h3,6-8,15-16H,1-2,4-5,9-14H2. The number of aryl methyl sites for hydroxylation is 2. The van der Waals surface area contributed by atoms with E-state index in [-0.39, 0.29) is 37.6 Å². The molecule has 1 fully saturated rings. The van der Waals surface area contributed by atoms with Gasteiger partial charge in [0.15, 0.2) is 5.78 Å². The van der Waals surface area contributed by atoms with Gasteiger partial charge in [-0.3, -0.25) is 9.59 Å². The number of nitrogens with zero attached hydrogens (tertiary/aromatic N) is 2. The lowest BCUT2D eigenvalue weighted by Crippen LogP contribution is -2.50. The first-order chi connectivity index (χ1) is 14.4. The quantitative estimate of drug-likeness (QED) is 0.639. The normalized spacial score (nSPS) is 17.5. The van der Waals surface area contributed by atoms with Crippen LogP contribution in [0.5, 0.6) is 0 Å². The second-order valence-corrected chi connectivity index (χ2v) is 10.7. The van der Waals surface area contributed by atoms with Crippen LogP contribution >= 0.6 is 11.3 Å². The molecule has 1 aromatic heterocycles. The molecule has 0 N–H and O–H groups in total. The number of carbonyl (C=O) groups excluding carboxylic acids is 2. The van der Waals surface area contributed by atoms with E-state index in [0.29, 0.717) is 22.9 Å². The summed E-state index contributed by atoms with van der Waals surface area (Å²) in [5, 5.41) is 1.84. The highest BCUT2D eigenvalue weighted by atomic mass is 32.2. The molecule has 30 heavy (non-hydrogen) atoms. The fourth-order valence-corrected chi connectivity index (χ4v) is 6.30. The Labute approximate surface area is 181 Å². The molecule has 2 aromatic rings. The number of rotatable bonds is 6. The highest BCUT2D eigenvalue weighted by Gasteiger charge is 2.30. The van der Waals surface area contributed by atoms with Gasteiger partial charge in [0.2, 0.25) is 15.9 Å². The maximum Gasteiger partial charge on any atom is 0.243 e. The molecule has 160 valence electrons. The van der Waals surface area contributed by atoms with E-state index in [4.69, 9.17) is 0 Å². The van der Waals surface area contributed by atoms with Gasteiger partial charge < -0.3 is 4.90 Å². The molecule has 0 saturated carbocycles. The van der Waals surface area contributed by atoms with Crippen LogP contribution in [0.3, 0.4) is 0 Å². The number of hydrogen-bond acceptors (Lipinski definition) is 5. The van der Waals surface area contributed by atoms with Crippen LogP contribution in [0.4, 0.5) is 0 Å². The molecule has 0 unspecified atom stereocenters. The molecule has 0 bridgehead atoms. The molecule has 0 atom stereocenters. The topological polar surface area (TPSA) is 74.8 Å². The van der Waals surface area contributed by atoms with Gasteiger partial charge in [-0.15, -0.1) is 11.3 Å². The highest BCUT2D eigenvalue weighted by molar-refractivity contribution is 7.89. The number of hydrogen-bond donors (Lipinski definition) is 0. The fourth-order valence-electron chi connectivity index (χ4n) is 4.14. The van der Waals surface area contributed by atoms with Crippen molar-refractivity contribution in [3.05, 3.63) is 51.7 Å². The zero-order valence-electron chi connectivity index (χ0n) is 16.9. The Bertz CT molecular complexity index is 1020. The van der Waals surface area contributed by atoms with Gasteiger partial charge in [-0.05, 0) is 60.4 Å². The third kappa shape index (κ3) is 4.50. The van der Waals surface area contributed by atoms with Gasteiger partial charge in [0, 0.05) is 39.0 Å². The predicted molar refractivity (Wildman–Crippen MR) is 116 cm³/mol. The van der Waals surface area contributed by atoms with E-state index in [2.05, 4.69) is 0 Å². The molecular formula is C22H26N2O4S2. The van der Waals surface area contributed by atoms with Crippen molar-refractivity contribution in [1.29, 1.82) is 0 Å². The lowest BCUT2D eigenvalue weighted by Gasteiger charge is -2.34. The minimum absolute atomic E-state index is 0.0213. The minimum atomic E-state index is -3.56. The van der Waals surface area contributed by atoms with Gasteiger partial charge >= 0.3 is 0 Å². The van der Waals surface area contributed by atoms with E-state index in [0.717, 1.165) is 31.2 Å². The Morgan fingerprint density at radius 1 is 0.933 bits per heavy atom. The molecule has 1 aliphatic carbocycles. The maximum atomic E-state index is 13.1. The van der Waals surface area contributed by atoms with Crippen molar-refractivity contribution in [1.82, 2.24) is 9.21 Å². The summed E-state index contributed by atoms with van der Waals surface area (Å²) < 4.78 is 27.6. The molecule has 8 heteroatoms. The van der Waals surface area contributed by atoms with E-state index in [1.807, 2.05) is 23.6 Å². The van der Waals surface area contributed by atoms with Crippen LogP contribution in [0.25, 0.3) is 0 Å². The van der Waals surface area contributed by atoms with Crippen LogP contribution in [0.15, 0.2) is 40.6 Å². The Kier molecular flexibility index (Phi) is 6.36. The van der Waals surface area contributed by atoms with E-state index in [9.17, 15) is 18.0 Å². The summed E-state index contributed by atoms with van der Waals surface area (Å²) in [6, 6.07) is 9.08. The molecule has 1 aliphatic heterocycles. The van der Waals surface area contributed by atoms with E-state index >= 15 is 0 Å². The van der Waals surface area contributed by atoms with Gasteiger partial charge in [0.05, 0.1) is 9.77 Å². The van der Waals surface area contributed by atoms with Crippen LogP contribution in [0.1, 0.15) is 46.5 Å². The van der Waals surface area contributed by atoms with Gasteiger partial charge in [-0.1, -0.05) is 12.1 Å². The zero-order chi connectivity index (χ0) is 21.1. The Morgan fingerprint density at radius 3 is 2.37 bits per heavy atom. The third-order valence-electron chi connectivity index (χ3n) is 5.91. The fraction of sp³-hybridized carbons (Fsp3) is 0.455. The van der Waals surface area contributed by atoms with Crippen LogP contribution in [0, 0.1) is 0 Å². The predicted octanol–water partition coefficient (Wildman–Crippen LogP) is 3.12. The second-order valence-electron chi connectivity index (χ2n) is 7.82. The number of thiophene rings is 1. The van der Waals surface area contributed by atoms with Crippen molar-refractivity contribution in [2.45, 2.75) is 43.4 Å². The number of amides is 1. The molecule has 0 radical (unpaired) electrons. The summed E-state index contributed by atoms with van der Waals surface area (Å²) in [7, 11) is -3.56. The molecule has 1 aromatic carbocycles. The molecule has 2 aliphatic rings. The summed E-state index contributed by atoms with van der Waals surface area (Å²) in [4.78, 5) is 27.2. The smallest absolute Gasteiger partial charge is 0.243 e. The van der Waals surface area contributed by atoms with Crippen LogP contribution in [0.2, 0.25) is 0 Å². The largest absolute Gasteiger partial charge is 0.340 e. The van der Waals surface area contributed by atoms with Crippen molar-refractivity contribution in [2.24, 2.45) is 0 Å². The lowest BCUT2D eigenvalue weighted by atomic mass is 9.92. The number of piperazine rings is 1. The average molecular weight is 447 g/mol. The summed E-state index contributed by atoms with van der Waals surface area (Å²) in [6.07, 6.45) is 4.57. The number of sulfonamides is 1. The first-order valence-electron chi connectivity index (χ1n) is 10.4. The number of fused-ring (bicyclic) bond motifs is 1. The number of carbonyl (C=O) groups is 2. The maximum absolute atomic E-state index is 13.1. The number of ketones is 1. The van der Waals surface area contributed by atoms with Gasteiger partial charge in [-0.25, -0.2) is 8.42 Å². The second kappa shape index (κ2) is 8.99. The van der Waals surface area contributed by atoms with Crippen molar-refractivity contribution in [3.8, 4) is 0 Å². The van der Waals surface area contributed by atoms with Crippen LogP contribution in [-0.4, -0.2) is 55.5 Å². The zero-order valence-corrected chi connectivity index (χ0v) is 18.5. The van der Waals surface area contributed by atoms with Gasteiger partial charge in [0.1, 0.15) is 0 Å². The first-order valence-corrected chi connectivity index (χ1v) is 12.7. The number of benzene rings is 1. The first kappa shape index (κ1) is 21.2. The summed E-state index contributed by atoms with van der Waals surface area (Å²) in [5.41, 5.74) is 2.40. The molecule has 1 amide bonds. The van der Waals surface area contributed by atoms with Crippen molar-refractivity contribution >= 4 is 33.1 Å². The minimum Gasteiger partial charge on any atom is -0.340 e. The Hall–Kier alpha value is -2.03. The Balaban J connectivity index is 1.33. The summed E-state index contributed by atoms with van der Waals surface area (Å²) in [5.74, 6) is -0.113. The molecule has 4 rings (SSSR count). The van der Waals surface area contributed by atoms with Gasteiger partial charge in [0.25, 0.3) is 0 Å². The van der Waals surface area contributed by atoms with E-state index in [1.54, 1.807) is 17.0 Å². The number of Topliss-reactive ketones (excluding diaryl/α,β-unsaturated/α-hetero) is 1. The third-order valence-corrected chi connectivity index (χ3v) is 8.72. The van der Waals surface area contributed by atoms with Crippen LogP contribution < -0.4 is 0 Å². The van der Waals surface area contributed by atoms with Crippen LogP contribution in [-0.2, 0) is 27.7 Å². The van der Waals surface area contributed by atoms with E-state index in [1.165, 1.54) is 21.2 Å². The van der Waals surface area contributed by atoms with Crippen molar-refractivity contribution in [3.63, 3.8) is 0 Å². The average Bonchev–Trinajstić information content (AvgIpc) is 3.32. The highest BCUT2D eigenvalue weighted by Crippen LogP contribution is 2.26. The summed E-state index contributed by atoms with van der Waals surface area (Å²) in [6.45, 7) is 1.28. The van der Waals surface area contributed by atoms with E-state index < -0.39 is 10.0 Å². The molecule has 1 saturated heterocycles. The van der Waals surface area contributed by atoms with Crippen molar-refractivity contribution in [2.75, 3.05) is 26.2 Å². The monoisotopic (exact) mass is 446 g/mol. The Morgan fingerprint density at radius 2 is 1.67 bits per heavy atom. The SMILES string of the molecule is O=C(CCC(=O)N1CCN(S(=O)(=O)c2ccc3c(c2)CCCC3)CC1)c1cccs1. The molecular weight excluding hydrogens is 420 g/mol. The lowest BCUT2D eigenvalue weighted by molar-refractivity contribution is -0.132. The molecule has 0 spiro atoms. The van der Waals surface area contributed by atoms with Crippen molar-refractivity contribution < 1.29 is 18.0 Å². The van der Waals surface area contributed by atoms with Gasteiger partial charge in [-0.2, -0.15) is 4.31 Å².